The van der Waals surface area contributed by atoms with Crippen LogP contribution in [0, 0.1) is 18.6 Å². The highest BCUT2D eigenvalue weighted by molar-refractivity contribution is 5.96. The summed E-state index contributed by atoms with van der Waals surface area (Å²) in [6, 6.07) is 7.90. The Labute approximate surface area is 121 Å². The van der Waals surface area contributed by atoms with E-state index in [9.17, 15) is 18.7 Å². The molecule has 21 heavy (non-hydrogen) atoms. The number of carbonyl (C=O) groups excluding carboxylic acids is 1. The van der Waals surface area contributed by atoms with Crippen molar-refractivity contribution in [2.24, 2.45) is 0 Å². The second-order valence-corrected chi connectivity index (χ2v) is 4.92. The number of rotatable bonds is 3. The van der Waals surface area contributed by atoms with Gasteiger partial charge in [-0.1, -0.05) is 17.7 Å². The van der Waals surface area contributed by atoms with Crippen LogP contribution in [0.4, 0.5) is 8.78 Å². The molecule has 0 bridgehead atoms. The Morgan fingerprint density at radius 3 is 2.57 bits per heavy atom. The van der Waals surface area contributed by atoms with Gasteiger partial charge in [0.25, 0.3) is 5.91 Å². The van der Waals surface area contributed by atoms with Gasteiger partial charge in [-0.15, -0.1) is 0 Å². The van der Waals surface area contributed by atoms with Crippen LogP contribution in [0.2, 0.25) is 0 Å². The SMILES string of the molecule is Cc1ccc(O)c(C(=O)N(C)Cc2ccc(F)cc2F)c1. The van der Waals surface area contributed by atoms with E-state index in [1.54, 1.807) is 19.1 Å². The van der Waals surface area contributed by atoms with Crippen molar-refractivity contribution in [2.75, 3.05) is 7.05 Å². The van der Waals surface area contributed by atoms with Gasteiger partial charge in [0.15, 0.2) is 0 Å². The van der Waals surface area contributed by atoms with Crippen LogP contribution in [0.15, 0.2) is 36.4 Å². The molecule has 0 saturated heterocycles. The molecule has 0 unspecified atom stereocenters. The van der Waals surface area contributed by atoms with Crippen molar-refractivity contribution in [1.29, 1.82) is 0 Å². The molecular weight excluding hydrogens is 276 g/mol. The Hall–Kier alpha value is -2.43. The minimum atomic E-state index is -0.705. The van der Waals surface area contributed by atoms with E-state index in [0.29, 0.717) is 0 Å². The van der Waals surface area contributed by atoms with Crippen molar-refractivity contribution < 1.29 is 18.7 Å². The fourth-order valence-corrected chi connectivity index (χ4v) is 2.00. The number of benzene rings is 2. The zero-order valence-corrected chi connectivity index (χ0v) is 11.7. The van der Waals surface area contributed by atoms with Crippen LogP contribution in [-0.4, -0.2) is 23.0 Å². The highest BCUT2D eigenvalue weighted by Crippen LogP contribution is 2.21. The number of aromatic hydroxyl groups is 1. The van der Waals surface area contributed by atoms with E-state index in [4.69, 9.17) is 0 Å². The van der Waals surface area contributed by atoms with Crippen molar-refractivity contribution in [3.8, 4) is 5.75 Å². The smallest absolute Gasteiger partial charge is 0.257 e. The first-order valence-electron chi connectivity index (χ1n) is 6.37. The number of phenolic OH excluding ortho intramolecular Hbond substituents is 1. The lowest BCUT2D eigenvalue weighted by molar-refractivity contribution is 0.0780. The maximum absolute atomic E-state index is 13.6. The van der Waals surface area contributed by atoms with Crippen LogP contribution < -0.4 is 0 Å². The van der Waals surface area contributed by atoms with Gasteiger partial charge in [0.05, 0.1) is 5.56 Å². The first-order valence-corrected chi connectivity index (χ1v) is 6.37. The molecule has 2 aromatic rings. The van der Waals surface area contributed by atoms with Crippen molar-refractivity contribution >= 4 is 5.91 Å². The maximum atomic E-state index is 13.6. The van der Waals surface area contributed by atoms with E-state index < -0.39 is 17.5 Å². The van der Waals surface area contributed by atoms with Crippen LogP contribution in [0.25, 0.3) is 0 Å². The predicted molar refractivity (Wildman–Crippen MR) is 75.0 cm³/mol. The van der Waals surface area contributed by atoms with Crippen molar-refractivity contribution in [2.45, 2.75) is 13.5 Å². The summed E-state index contributed by atoms with van der Waals surface area (Å²) in [6.07, 6.45) is 0. The summed E-state index contributed by atoms with van der Waals surface area (Å²) in [7, 11) is 1.49. The highest BCUT2D eigenvalue weighted by atomic mass is 19.1. The third-order valence-electron chi connectivity index (χ3n) is 3.15. The Bertz CT molecular complexity index is 686. The summed E-state index contributed by atoms with van der Waals surface area (Å²) < 4.78 is 26.4. The summed E-state index contributed by atoms with van der Waals surface area (Å²) >= 11 is 0. The van der Waals surface area contributed by atoms with Gasteiger partial charge in [0, 0.05) is 25.2 Å². The summed E-state index contributed by atoms with van der Waals surface area (Å²) in [5, 5.41) is 9.74. The molecule has 0 fully saturated rings. The average Bonchev–Trinajstić information content (AvgIpc) is 2.43. The van der Waals surface area contributed by atoms with Gasteiger partial charge in [-0.05, 0) is 25.1 Å². The normalized spacial score (nSPS) is 10.5. The molecule has 0 aromatic heterocycles. The van der Waals surface area contributed by atoms with Gasteiger partial charge in [-0.3, -0.25) is 4.79 Å². The molecule has 5 heteroatoms. The molecule has 0 radical (unpaired) electrons. The quantitative estimate of drug-likeness (QED) is 0.943. The summed E-state index contributed by atoms with van der Waals surface area (Å²) in [5.41, 5.74) is 1.19. The molecule has 2 aromatic carbocycles. The van der Waals surface area contributed by atoms with Crippen molar-refractivity contribution in [3.05, 3.63) is 64.7 Å². The van der Waals surface area contributed by atoms with Gasteiger partial charge in [-0.2, -0.15) is 0 Å². The third kappa shape index (κ3) is 3.37. The Kier molecular flexibility index (Phi) is 4.21. The van der Waals surface area contributed by atoms with Gasteiger partial charge < -0.3 is 10.0 Å². The molecule has 110 valence electrons. The van der Waals surface area contributed by atoms with Gasteiger partial charge in [-0.25, -0.2) is 8.78 Å². The molecule has 0 aliphatic carbocycles. The Morgan fingerprint density at radius 2 is 1.90 bits per heavy atom. The Balaban J connectivity index is 2.21. The third-order valence-corrected chi connectivity index (χ3v) is 3.15. The van der Waals surface area contributed by atoms with Gasteiger partial charge >= 0.3 is 0 Å². The summed E-state index contributed by atoms with van der Waals surface area (Å²) in [6.45, 7) is 1.79. The van der Waals surface area contributed by atoms with Crippen LogP contribution in [-0.2, 0) is 6.54 Å². The molecule has 0 atom stereocenters. The lowest BCUT2D eigenvalue weighted by Crippen LogP contribution is -2.26. The fourth-order valence-electron chi connectivity index (χ4n) is 2.00. The number of halogens is 2. The lowest BCUT2D eigenvalue weighted by atomic mass is 10.1. The molecule has 1 N–H and O–H groups in total. The highest BCUT2D eigenvalue weighted by Gasteiger charge is 2.17. The van der Waals surface area contributed by atoms with E-state index in [0.717, 1.165) is 17.7 Å². The fraction of sp³-hybridized carbons (Fsp3) is 0.188. The van der Waals surface area contributed by atoms with E-state index >= 15 is 0 Å². The number of carbonyl (C=O) groups is 1. The van der Waals surface area contributed by atoms with Crippen LogP contribution in [0.1, 0.15) is 21.5 Å². The molecule has 2 rings (SSSR count). The van der Waals surface area contributed by atoms with E-state index in [1.807, 2.05) is 0 Å². The van der Waals surface area contributed by atoms with Gasteiger partial charge in [0.2, 0.25) is 0 Å². The number of nitrogens with zero attached hydrogens (tertiary/aromatic N) is 1. The van der Waals surface area contributed by atoms with Crippen LogP contribution in [0.3, 0.4) is 0 Å². The molecule has 0 aliphatic rings. The average molecular weight is 291 g/mol. The number of hydrogen-bond acceptors (Lipinski definition) is 2. The lowest BCUT2D eigenvalue weighted by Gasteiger charge is -2.18. The summed E-state index contributed by atoms with van der Waals surface area (Å²) in [4.78, 5) is 13.5. The van der Waals surface area contributed by atoms with Crippen molar-refractivity contribution in [3.63, 3.8) is 0 Å². The standard InChI is InChI=1S/C16H15F2NO2/c1-10-3-6-15(20)13(7-10)16(21)19(2)9-11-4-5-12(17)8-14(11)18/h3-8,20H,9H2,1-2H3. The maximum Gasteiger partial charge on any atom is 0.257 e. The first-order chi connectivity index (χ1) is 9.88. The molecular formula is C16H15F2NO2. The molecule has 3 nitrogen and oxygen atoms in total. The minimum absolute atomic E-state index is 0.0155. The first kappa shape index (κ1) is 15.0. The zero-order valence-electron chi connectivity index (χ0n) is 11.7. The minimum Gasteiger partial charge on any atom is -0.507 e. The van der Waals surface area contributed by atoms with E-state index in [2.05, 4.69) is 0 Å². The largest absolute Gasteiger partial charge is 0.507 e. The number of hydrogen-bond donors (Lipinski definition) is 1. The Morgan fingerprint density at radius 1 is 1.19 bits per heavy atom. The van der Waals surface area contributed by atoms with E-state index in [1.165, 1.54) is 24.1 Å². The molecule has 0 aliphatic heterocycles. The van der Waals surface area contributed by atoms with Crippen LogP contribution >= 0.6 is 0 Å². The predicted octanol–water partition coefficient (Wildman–Crippen LogP) is 3.25. The molecule has 1 amide bonds. The van der Waals surface area contributed by atoms with E-state index in [-0.39, 0.29) is 23.4 Å². The topological polar surface area (TPSA) is 40.5 Å². The zero-order chi connectivity index (χ0) is 15.6. The monoisotopic (exact) mass is 291 g/mol. The number of amides is 1. The molecule has 0 heterocycles. The summed E-state index contributed by atoms with van der Waals surface area (Å²) in [5.74, 6) is -1.93. The van der Waals surface area contributed by atoms with Crippen LogP contribution in [0.5, 0.6) is 5.75 Å². The van der Waals surface area contributed by atoms with Crippen molar-refractivity contribution in [1.82, 2.24) is 4.90 Å². The molecule has 0 spiro atoms. The number of aryl methyl sites for hydroxylation is 1. The number of phenols is 1. The van der Waals surface area contributed by atoms with Gasteiger partial charge in [0.1, 0.15) is 17.4 Å². The second-order valence-electron chi connectivity index (χ2n) is 4.92. The molecule has 0 saturated carbocycles. The second kappa shape index (κ2) is 5.91.